The van der Waals surface area contributed by atoms with E-state index in [4.69, 9.17) is 4.74 Å². The van der Waals surface area contributed by atoms with E-state index in [1.807, 2.05) is 24.7 Å². The monoisotopic (exact) mass is 338 g/mol. The molecule has 0 aliphatic carbocycles. The first-order valence-electron chi connectivity index (χ1n) is 6.81. The maximum absolute atomic E-state index is 12.5. The van der Waals surface area contributed by atoms with Crippen LogP contribution in [0.3, 0.4) is 0 Å². The van der Waals surface area contributed by atoms with Crippen molar-refractivity contribution in [2.75, 3.05) is 38.6 Å². The number of nitrogens with zero attached hydrogens (tertiary/aromatic N) is 3. The number of aryl methyl sites for hydroxylation is 1. The fourth-order valence-corrected chi connectivity index (χ4v) is 3.85. The standard InChI is InChI=1S/C12H22N4O3S.ClH/c1-3-19-8-9-20(17,18)16-7-4-13-10-11(16)12-14-5-6-15(12)2;/h5-6,11,13H,3-4,7-10H2,1-2H3;1H. The van der Waals surface area contributed by atoms with Gasteiger partial charge >= 0.3 is 0 Å². The summed E-state index contributed by atoms with van der Waals surface area (Å²) < 4.78 is 33.5. The Bertz CT molecular complexity index is 534. The molecule has 1 atom stereocenters. The van der Waals surface area contributed by atoms with Gasteiger partial charge in [-0.25, -0.2) is 13.4 Å². The van der Waals surface area contributed by atoms with Gasteiger partial charge in [-0.3, -0.25) is 0 Å². The van der Waals surface area contributed by atoms with E-state index in [0.29, 0.717) is 26.2 Å². The summed E-state index contributed by atoms with van der Waals surface area (Å²) in [5, 5.41) is 3.23. The van der Waals surface area contributed by atoms with E-state index >= 15 is 0 Å². The maximum atomic E-state index is 12.5. The Kier molecular flexibility index (Phi) is 7.08. The third-order valence-electron chi connectivity index (χ3n) is 3.40. The number of hydrogen-bond acceptors (Lipinski definition) is 5. The van der Waals surface area contributed by atoms with Crippen LogP contribution in [0, 0.1) is 0 Å². The van der Waals surface area contributed by atoms with Gasteiger partial charge < -0.3 is 14.6 Å². The number of nitrogens with one attached hydrogen (secondary N) is 1. The molecule has 2 rings (SSSR count). The normalized spacial score (nSPS) is 20.2. The van der Waals surface area contributed by atoms with Gasteiger partial charge in [0.2, 0.25) is 10.0 Å². The average molecular weight is 339 g/mol. The molecule has 1 N–H and O–H groups in total. The second-order valence-corrected chi connectivity index (χ2v) is 6.78. The van der Waals surface area contributed by atoms with Gasteiger partial charge in [0.05, 0.1) is 18.4 Å². The number of aromatic nitrogens is 2. The quantitative estimate of drug-likeness (QED) is 0.747. The number of imidazole rings is 1. The molecule has 1 fully saturated rings. The van der Waals surface area contributed by atoms with E-state index < -0.39 is 10.0 Å². The lowest BCUT2D eigenvalue weighted by molar-refractivity contribution is 0.161. The molecule has 0 aromatic carbocycles. The van der Waals surface area contributed by atoms with Crippen LogP contribution in [-0.4, -0.2) is 60.9 Å². The van der Waals surface area contributed by atoms with E-state index in [1.165, 1.54) is 0 Å². The first-order valence-corrected chi connectivity index (χ1v) is 8.42. The molecule has 0 saturated carbocycles. The molecule has 1 aliphatic rings. The van der Waals surface area contributed by atoms with Crippen molar-refractivity contribution in [2.24, 2.45) is 7.05 Å². The molecular formula is C12H23ClN4O3S. The number of hydrogen-bond donors (Lipinski definition) is 1. The molecule has 21 heavy (non-hydrogen) atoms. The van der Waals surface area contributed by atoms with Crippen molar-refractivity contribution < 1.29 is 13.2 Å². The Hall–Kier alpha value is -0.670. The summed E-state index contributed by atoms with van der Waals surface area (Å²) in [6.45, 7) is 4.32. The van der Waals surface area contributed by atoms with Crippen molar-refractivity contribution in [3.05, 3.63) is 18.2 Å². The highest BCUT2D eigenvalue weighted by atomic mass is 35.5. The summed E-state index contributed by atoms with van der Waals surface area (Å²) >= 11 is 0. The molecule has 1 aromatic rings. The van der Waals surface area contributed by atoms with Crippen molar-refractivity contribution in [2.45, 2.75) is 13.0 Å². The Morgan fingerprint density at radius 2 is 2.29 bits per heavy atom. The van der Waals surface area contributed by atoms with Crippen LogP contribution in [0.5, 0.6) is 0 Å². The number of piperazine rings is 1. The predicted octanol–water partition coefficient (Wildman–Crippen LogP) is 0.155. The Morgan fingerprint density at radius 3 is 2.90 bits per heavy atom. The first-order chi connectivity index (χ1) is 9.56. The lowest BCUT2D eigenvalue weighted by Crippen LogP contribution is -2.50. The van der Waals surface area contributed by atoms with E-state index in [2.05, 4.69) is 10.3 Å². The van der Waals surface area contributed by atoms with E-state index in [-0.39, 0.29) is 30.8 Å². The fraction of sp³-hybridized carbons (Fsp3) is 0.750. The molecule has 122 valence electrons. The van der Waals surface area contributed by atoms with Gasteiger partial charge in [-0.1, -0.05) is 0 Å². The molecule has 2 heterocycles. The number of ether oxygens (including phenoxy) is 1. The molecule has 0 bridgehead atoms. The van der Waals surface area contributed by atoms with Crippen molar-refractivity contribution in [3.63, 3.8) is 0 Å². The predicted molar refractivity (Wildman–Crippen MR) is 83.1 cm³/mol. The molecule has 1 aliphatic heterocycles. The van der Waals surface area contributed by atoms with E-state index in [0.717, 1.165) is 5.82 Å². The average Bonchev–Trinajstić information content (AvgIpc) is 2.85. The lowest BCUT2D eigenvalue weighted by Gasteiger charge is -2.34. The second-order valence-electron chi connectivity index (χ2n) is 4.74. The van der Waals surface area contributed by atoms with Crippen molar-refractivity contribution in [1.82, 2.24) is 19.2 Å². The number of sulfonamides is 1. The molecule has 1 unspecified atom stereocenters. The molecule has 0 radical (unpaired) electrons. The minimum atomic E-state index is -3.33. The van der Waals surface area contributed by atoms with Crippen LogP contribution < -0.4 is 5.32 Å². The highest BCUT2D eigenvalue weighted by molar-refractivity contribution is 7.89. The Labute approximate surface area is 132 Å². The Balaban J connectivity index is 0.00000220. The maximum Gasteiger partial charge on any atom is 0.217 e. The van der Waals surface area contributed by atoms with Gasteiger partial charge in [0.15, 0.2) is 0 Å². The SMILES string of the molecule is CCOCCS(=O)(=O)N1CCNCC1c1nccn1C.Cl. The zero-order chi connectivity index (χ0) is 14.6. The summed E-state index contributed by atoms with van der Waals surface area (Å²) in [6, 6.07) is -0.254. The van der Waals surface area contributed by atoms with Gasteiger partial charge in [-0.15, -0.1) is 12.4 Å². The summed E-state index contributed by atoms with van der Waals surface area (Å²) in [5.41, 5.74) is 0. The van der Waals surface area contributed by atoms with Crippen LogP contribution >= 0.6 is 12.4 Å². The zero-order valence-electron chi connectivity index (χ0n) is 12.4. The van der Waals surface area contributed by atoms with Gasteiger partial charge in [0.1, 0.15) is 5.82 Å². The molecule has 1 saturated heterocycles. The number of halogens is 1. The van der Waals surface area contributed by atoms with Gasteiger partial charge in [0, 0.05) is 45.7 Å². The van der Waals surface area contributed by atoms with Crippen LogP contribution in [0.4, 0.5) is 0 Å². The number of rotatable bonds is 6. The molecule has 9 heteroatoms. The first kappa shape index (κ1) is 18.4. The van der Waals surface area contributed by atoms with Crippen LogP contribution in [-0.2, 0) is 21.8 Å². The highest BCUT2D eigenvalue weighted by Crippen LogP contribution is 2.23. The van der Waals surface area contributed by atoms with Crippen LogP contribution in [0.25, 0.3) is 0 Å². The molecule has 0 spiro atoms. The van der Waals surface area contributed by atoms with Gasteiger partial charge in [-0.05, 0) is 6.92 Å². The smallest absolute Gasteiger partial charge is 0.217 e. The molecule has 1 aromatic heterocycles. The molecule has 7 nitrogen and oxygen atoms in total. The van der Waals surface area contributed by atoms with Gasteiger partial charge in [-0.2, -0.15) is 4.31 Å². The highest BCUT2D eigenvalue weighted by Gasteiger charge is 2.34. The summed E-state index contributed by atoms with van der Waals surface area (Å²) in [5.74, 6) is 0.777. The fourth-order valence-electron chi connectivity index (χ4n) is 2.36. The van der Waals surface area contributed by atoms with Crippen LogP contribution in [0.1, 0.15) is 18.8 Å². The van der Waals surface area contributed by atoms with E-state index in [9.17, 15) is 8.42 Å². The summed E-state index contributed by atoms with van der Waals surface area (Å²) in [6.07, 6.45) is 3.52. The minimum Gasteiger partial charge on any atom is -0.381 e. The minimum absolute atomic E-state index is 0. The van der Waals surface area contributed by atoms with Crippen LogP contribution in [0.2, 0.25) is 0 Å². The van der Waals surface area contributed by atoms with Crippen LogP contribution in [0.15, 0.2) is 12.4 Å². The van der Waals surface area contributed by atoms with E-state index in [1.54, 1.807) is 10.5 Å². The topological polar surface area (TPSA) is 76.5 Å². The van der Waals surface area contributed by atoms with Gasteiger partial charge in [0.25, 0.3) is 0 Å². The molecular weight excluding hydrogens is 316 g/mol. The molecule has 0 amide bonds. The third-order valence-corrected chi connectivity index (χ3v) is 5.23. The van der Waals surface area contributed by atoms with Crippen molar-refractivity contribution in [1.29, 1.82) is 0 Å². The summed E-state index contributed by atoms with van der Waals surface area (Å²) in [4.78, 5) is 4.29. The van der Waals surface area contributed by atoms with Crippen molar-refractivity contribution >= 4 is 22.4 Å². The lowest BCUT2D eigenvalue weighted by atomic mass is 10.2. The Morgan fingerprint density at radius 1 is 1.52 bits per heavy atom. The third kappa shape index (κ3) is 4.40. The van der Waals surface area contributed by atoms with Crippen molar-refractivity contribution in [3.8, 4) is 0 Å². The largest absolute Gasteiger partial charge is 0.381 e. The summed E-state index contributed by atoms with van der Waals surface area (Å²) in [7, 11) is -1.46. The zero-order valence-corrected chi connectivity index (χ0v) is 14.0. The second kappa shape index (κ2) is 8.09.